The molecule has 4 rings (SSSR count). The van der Waals surface area contributed by atoms with E-state index >= 15 is 0 Å². The van der Waals surface area contributed by atoms with E-state index in [1.807, 2.05) is 24.3 Å². The summed E-state index contributed by atoms with van der Waals surface area (Å²) in [5.74, 6) is 1.48. The lowest BCUT2D eigenvalue weighted by Gasteiger charge is -2.17. The zero-order valence-electron chi connectivity index (χ0n) is 23.3. The van der Waals surface area contributed by atoms with Crippen LogP contribution in [-0.2, 0) is 22.4 Å². The van der Waals surface area contributed by atoms with Crippen molar-refractivity contribution in [2.24, 2.45) is 11.5 Å². The first-order chi connectivity index (χ1) is 22.0. The molecule has 0 heterocycles. The fourth-order valence-corrected chi connectivity index (χ4v) is 11.9. The van der Waals surface area contributed by atoms with Gasteiger partial charge in [-0.1, -0.05) is 0 Å². The number of aromatic hydroxyl groups is 1. The van der Waals surface area contributed by atoms with Crippen LogP contribution in [0.5, 0.6) is 34.5 Å². The Bertz CT molecular complexity index is 1780. The van der Waals surface area contributed by atoms with Crippen molar-refractivity contribution in [3.63, 3.8) is 0 Å². The third-order valence-electron chi connectivity index (χ3n) is 6.25. The Kier molecular flexibility index (Phi) is 15.7. The Balaban J connectivity index is 1.44. The molecule has 248 valence electrons. The maximum absolute atomic E-state index is 13.1. The van der Waals surface area contributed by atoms with Crippen molar-refractivity contribution in [1.82, 2.24) is 0 Å². The summed E-state index contributed by atoms with van der Waals surface area (Å²) < 4.78 is 24.2. The first-order valence-electron chi connectivity index (χ1n) is 13.0. The highest BCUT2D eigenvalue weighted by molar-refractivity contribution is 14.1. The third-order valence-corrected chi connectivity index (χ3v) is 12.7. The number of carboxylic acids is 1. The number of hydrogen-bond donors (Lipinski definition) is 4. The minimum atomic E-state index is -1.05. The standard InChI is InChI=1S/C30H20I8N2O7/c31-15-7-13(8-16(32)25(15)41)45-26-19(35)3-12(4-20(26)36)6-24(40)30(44)47-28-21(37)9-14(10-22(28)38)46-27-17(33)1-11(2-18(27)34)5-23(39)29(42)43/h1-4,7-10,23-24,41H,5-6,39-40H2,(H,42,43)/t23-,24-/m1/s1. The number of halogens is 8. The smallest absolute Gasteiger partial charge is 0.328 e. The molecular formula is C30H20I8N2O7. The zero-order valence-corrected chi connectivity index (χ0v) is 40.6. The molecule has 6 N–H and O–H groups in total. The molecule has 4 aromatic rings. The molecule has 0 saturated heterocycles. The number of carbonyl (C=O) groups excluding carboxylic acids is 1. The molecule has 0 aliphatic carbocycles. The van der Waals surface area contributed by atoms with Crippen molar-refractivity contribution in [3.05, 3.63) is 88.2 Å². The second-order valence-corrected chi connectivity index (χ2v) is 19.1. The van der Waals surface area contributed by atoms with E-state index in [9.17, 15) is 14.7 Å². The topological polar surface area (TPSA) is 154 Å². The number of carboxylic acid groups (broad SMARTS) is 1. The second-order valence-electron chi connectivity index (χ2n) is 9.81. The van der Waals surface area contributed by atoms with Gasteiger partial charge in [0.2, 0.25) is 0 Å². The number of aliphatic carboxylic acids is 1. The van der Waals surface area contributed by atoms with E-state index in [2.05, 4.69) is 181 Å². The van der Waals surface area contributed by atoms with Crippen LogP contribution in [0.15, 0.2) is 48.5 Å². The van der Waals surface area contributed by atoms with Crippen molar-refractivity contribution in [2.75, 3.05) is 0 Å². The summed E-state index contributed by atoms with van der Waals surface area (Å²) in [6.07, 6.45) is 0.469. The van der Waals surface area contributed by atoms with Crippen LogP contribution >= 0.6 is 181 Å². The van der Waals surface area contributed by atoms with Crippen molar-refractivity contribution in [2.45, 2.75) is 24.9 Å². The Morgan fingerprint density at radius 3 is 1.30 bits per heavy atom. The van der Waals surface area contributed by atoms with Gasteiger partial charge in [0.1, 0.15) is 29.3 Å². The molecule has 9 nitrogen and oxygen atoms in total. The Morgan fingerprint density at radius 2 is 0.915 bits per heavy atom. The number of phenolic OH excluding ortho intramolecular Hbond substituents is 1. The van der Waals surface area contributed by atoms with Gasteiger partial charge in [-0.3, -0.25) is 4.79 Å². The Morgan fingerprint density at radius 1 is 0.574 bits per heavy atom. The summed E-state index contributed by atoms with van der Waals surface area (Å²) in [5.41, 5.74) is 13.7. The van der Waals surface area contributed by atoms with Crippen LogP contribution < -0.4 is 25.7 Å². The molecule has 4 aromatic carbocycles. The molecule has 17 heteroatoms. The monoisotopic (exact) mass is 1540 g/mol. The van der Waals surface area contributed by atoms with Gasteiger partial charge in [-0.15, -0.1) is 0 Å². The SMILES string of the molecule is N[C@H](Cc1cc(I)c(Oc2cc(I)c(OC(=O)[C@H](N)Cc3cc(I)c(Oc4cc(I)c(O)c(I)c4)c(I)c3)c(I)c2)c(I)c1)C(=O)O. The van der Waals surface area contributed by atoms with E-state index < -0.39 is 24.0 Å². The molecule has 0 radical (unpaired) electrons. The van der Waals surface area contributed by atoms with Gasteiger partial charge in [0.25, 0.3) is 0 Å². The quantitative estimate of drug-likeness (QED) is 0.0654. The first-order valence-corrected chi connectivity index (χ1v) is 21.6. The lowest BCUT2D eigenvalue weighted by molar-refractivity contribution is -0.138. The molecule has 0 amide bonds. The molecule has 0 spiro atoms. The molecule has 47 heavy (non-hydrogen) atoms. The van der Waals surface area contributed by atoms with E-state index in [0.29, 0.717) is 43.0 Å². The summed E-state index contributed by atoms with van der Waals surface area (Å²) in [5, 5.41) is 19.2. The molecular weight excluding hydrogens is 1520 g/mol. The van der Waals surface area contributed by atoms with Crippen LogP contribution in [0, 0.1) is 28.6 Å². The maximum atomic E-state index is 13.1. The van der Waals surface area contributed by atoms with E-state index in [1.165, 1.54) is 0 Å². The number of ether oxygens (including phenoxy) is 3. The number of rotatable bonds is 11. The van der Waals surface area contributed by atoms with Crippen LogP contribution in [-0.4, -0.2) is 34.2 Å². The van der Waals surface area contributed by atoms with Crippen LogP contribution in [0.2, 0.25) is 0 Å². The van der Waals surface area contributed by atoms with Crippen LogP contribution in [0.4, 0.5) is 0 Å². The lowest BCUT2D eigenvalue weighted by atomic mass is 10.1. The van der Waals surface area contributed by atoms with Gasteiger partial charge in [0, 0.05) is 0 Å². The van der Waals surface area contributed by atoms with Gasteiger partial charge >= 0.3 is 11.9 Å². The van der Waals surface area contributed by atoms with Crippen molar-refractivity contribution >= 4 is 193 Å². The highest BCUT2D eigenvalue weighted by Gasteiger charge is 2.23. The van der Waals surface area contributed by atoms with Gasteiger partial charge in [0.15, 0.2) is 17.2 Å². The average Bonchev–Trinajstić information content (AvgIpc) is 2.97. The normalized spacial score (nSPS) is 12.4. The Hall–Kier alpha value is 0.980. The highest BCUT2D eigenvalue weighted by Crippen LogP contribution is 2.39. The van der Waals surface area contributed by atoms with E-state index in [1.54, 1.807) is 24.3 Å². The molecule has 0 bridgehead atoms. The van der Waals surface area contributed by atoms with E-state index in [4.69, 9.17) is 30.8 Å². The predicted molar refractivity (Wildman–Crippen MR) is 246 cm³/mol. The summed E-state index contributed by atoms with van der Waals surface area (Å²) >= 11 is 17.0. The second kappa shape index (κ2) is 18.1. The molecule has 0 fully saturated rings. The van der Waals surface area contributed by atoms with Gasteiger partial charge in [-0.05, 0) is 253 Å². The number of esters is 1. The number of hydrogen-bond acceptors (Lipinski definition) is 8. The van der Waals surface area contributed by atoms with Gasteiger partial charge in [0.05, 0.1) is 28.6 Å². The zero-order chi connectivity index (χ0) is 34.7. The highest BCUT2D eigenvalue weighted by atomic mass is 127. The largest absolute Gasteiger partial charge is 0.506 e. The van der Waals surface area contributed by atoms with Gasteiger partial charge in [-0.2, -0.15) is 0 Å². The number of carbonyl (C=O) groups is 2. The molecule has 0 aliphatic heterocycles. The molecule has 0 unspecified atom stereocenters. The summed E-state index contributed by atoms with van der Waals surface area (Å²) in [7, 11) is 0. The summed E-state index contributed by atoms with van der Waals surface area (Å²) in [4.78, 5) is 24.3. The van der Waals surface area contributed by atoms with Crippen LogP contribution in [0.25, 0.3) is 0 Å². The fourth-order valence-electron chi connectivity index (χ4n) is 4.04. The van der Waals surface area contributed by atoms with Crippen LogP contribution in [0.1, 0.15) is 11.1 Å². The Labute approximate surface area is 379 Å². The summed E-state index contributed by atoms with van der Waals surface area (Å²) in [6, 6.07) is 12.8. The fraction of sp³-hybridized carbons (Fsp3) is 0.133. The average molecular weight is 1540 g/mol. The lowest BCUT2D eigenvalue weighted by Crippen LogP contribution is -2.36. The molecule has 0 aliphatic rings. The maximum Gasteiger partial charge on any atom is 0.328 e. The van der Waals surface area contributed by atoms with E-state index in [-0.39, 0.29) is 18.6 Å². The summed E-state index contributed by atoms with van der Waals surface area (Å²) in [6.45, 7) is 0. The minimum absolute atomic E-state index is 0.206. The molecule has 0 aromatic heterocycles. The van der Waals surface area contributed by atoms with Crippen molar-refractivity contribution < 1.29 is 34.0 Å². The molecule has 0 saturated carbocycles. The predicted octanol–water partition coefficient (Wildman–Crippen LogP) is 9.24. The van der Waals surface area contributed by atoms with Crippen LogP contribution in [0.3, 0.4) is 0 Å². The van der Waals surface area contributed by atoms with Crippen molar-refractivity contribution in [1.29, 1.82) is 0 Å². The van der Waals surface area contributed by atoms with Gasteiger partial charge < -0.3 is 35.9 Å². The minimum Gasteiger partial charge on any atom is -0.506 e. The number of nitrogens with two attached hydrogens (primary N) is 2. The molecule has 2 atom stereocenters. The number of benzene rings is 4. The van der Waals surface area contributed by atoms with Crippen molar-refractivity contribution in [3.8, 4) is 34.5 Å². The third kappa shape index (κ3) is 11.0. The first kappa shape index (κ1) is 40.7. The van der Waals surface area contributed by atoms with E-state index in [0.717, 1.165) is 25.4 Å². The number of phenols is 1. The van der Waals surface area contributed by atoms with Gasteiger partial charge in [-0.25, -0.2) is 4.79 Å².